The van der Waals surface area contributed by atoms with Gasteiger partial charge in [-0.1, -0.05) is 36.8 Å². The molecule has 2 amide bonds. The van der Waals surface area contributed by atoms with E-state index in [0.717, 1.165) is 10.5 Å². The standard InChI is InChI=1S/C21H30N6O4S/c1-13(32-15-5-3-2-4-6-15)18(20(30)31)26-17(28)7-9-25-19(29)16(22)11-14-8-10-27(12-14)21(23)24/h2-6,8,13,16,18H,7,9-12,22H2,1H3,(H3,23,24)(H,25,29)(H,26,28)(H,30,31). The Kier molecular flexibility index (Phi) is 9.54. The molecule has 0 fully saturated rings. The Morgan fingerprint density at radius 2 is 1.97 bits per heavy atom. The van der Waals surface area contributed by atoms with Crippen molar-refractivity contribution in [2.75, 3.05) is 19.6 Å². The Morgan fingerprint density at radius 3 is 2.56 bits per heavy atom. The lowest BCUT2D eigenvalue weighted by Crippen LogP contribution is -2.48. The number of benzene rings is 1. The molecule has 10 nitrogen and oxygen atoms in total. The van der Waals surface area contributed by atoms with E-state index >= 15 is 0 Å². The highest BCUT2D eigenvalue weighted by molar-refractivity contribution is 8.00. The molecule has 0 spiro atoms. The van der Waals surface area contributed by atoms with Crippen LogP contribution >= 0.6 is 11.8 Å². The fraction of sp³-hybridized carbons (Fsp3) is 0.429. The molecule has 1 heterocycles. The van der Waals surface area contributed by atoms with E-state index < -0.39 is 35.1 Å². The Morgan fingerprint density at radius 1 is 1.28 bits per heavy atom. The molecule has 1 aromatic carbocycles. The van der Waals surface area contributed by atoms with Crippen LogP contribution in [0.25, 0.3) is 0 Å². The highest BCUT2D eigenvalue weighted by Gasteiger charge is 2.27. The van der Waals surface area contributed by atoms with E-state index in [2.05, 4.69) is 10.6 Å². The van der Waals surface area contributed by atoms with Crippen LogP contribution in [0.1, 0.15) is 19.8 Å². The summed E-state index contributed by atoms with van der Waals surface area (Å²) >= 11 is 1.36. The van der Waals surface area contributed by atoms with Crippen molar-refractivity contribution in [2.24, 2.45) is 11.5 Å². The zero-order valence-electron chi connectivity index (χ0n) is 17.9. The molecule has 8 N–H and O–H groups in total. The van der Waals surface area contributed by atoms with E-state index in [1.54, 1.807) is 11.8 Å². The molecule has 0 saturated heterocycles. The van der Waals surface area contributed by atoms with Crippen molar-refractivity contribution in [3.63, 3.8) is 0 Å². The first-order chi connectivity index (χ1) is 15.2. The van der Waals surface area contributed by atoms with Gasteiger partial charge in [0.05, 0.1) is 6.04 Å². The number of thioether (sulfide) groups is 1. The van der Waals surface area contributed by atoms with Gasteiger partial charge >= 0.3 is 5.97 Å². The molecule has 1 aliphatic heterocycles. The molecular weight excluding hydrogens is 432 g/mol. The minimum atomic E-state index is -1.12. The lowest BCUT2D eigenvalue weighted by Gasteiger charge is -2.21. The molecule has 0 bridgehead atoms. The van der Waals surface area contributed by atoms with Crippen LogP contribution in [0.5, 0.6) is 0 Å². The van der Waals surface area contributed by atoms with Gasteiger partial charge in [-0.15, -0.1) is 11.8 Å². The number of carbonyl (C=O) groups excluding carboxylic acids is 2. The number of hydrogen-bond donors (Lipinski definition) is 6. The predicted molar refractivity (Wildman–Crippen MR) is 123 cm³/mol. The van der Waals surface area contributed by atoms with Crippen molar-refractivity contribution in [1.29, 1.82) is 5.41 Å². The maximum Gasteiger partial charge on any atom is 0.327 e. The molecule has 0 saturated carbocycles. The summed E-state index contributed by atoms with van der Waals surface area (Å²) in [4.78, 5) is 38.6. The topological polar surface area (TPSA) is 175 Å². The molecule has 1 aromatic rings. The van der Waals surface area contributed by atoms with E-state index in [1.807, 2.05) is 36.4 Å². The number of carboxylic acids is 1. The zero-order chi connectivity index (χ0) is 23.7. The van der Waals surface area contributed by atoms with Crippen LogP contribution in [0, 0.1) is 5.41 Å². The maximum absolute atomic E-state index is 12.2. The number of guanidine groups is 1. The molecule has 174 valence electrons. The largest absolute Gasteiger partial charge is 0.480 e. The molecule has 11 heteroatoms. The SMILES string of the molecule is CC(Sc1ccccc1)C(NC(=O)CCNC(=O)C(N)CC1=CCN(C(=N)N)C1)C(=O)O. The smallest absolute Gasteiger partial charge is 0.327 e. The molecule has 32 heavy (non-hydrogen) atoms. The number of carbonyl (C=O) groups is 3. The monoisotopic (exact) mass is 462 g/mol. The third-order valence-corrected chi connectivity index (χ3v) is 6.11. The van der Waals surface area contributed by atoms with Gasteiger partial charge < -0.3 is 32.1 Å². The number of nitrogens with zero attached hydrogens (tertiary/aromatic N) is 1. The molecule has 3 unspecified atom stereocenters. The zero-order valence-corrected chi connectivity index (χ0v) is 18.7. The third kappa shape index (κ3) is 7.89. The second kappa shape index (κ2) is 12.1. The minimum Gasteiger partial charge on any atom is -0.480 e. The highest BCUT2D eigenvalue weighted by atomic mass is 32.2. The second-order valence-corrected chi connectivity index (χ2v) is 8.95. The minimum absolute atomic E-state index is 0.0311. The van der Waals surface area contributed by atoms with Crippen LogP contribution < -0.4 is 22.1 Å². The number of nitrogens with one attached hydrogen (secondary N) is 3. The van der Waals surface area contributed by atoms with E-state index in [0.29, 0.717) is 19.5 Å². The Bertz CT molecular complexity index is 863. The number of aliphatic carboxylic acids is 1. The Labute approximate surface area is 191 Å². The summed E-state index contributed by atoms with van der Waals surface area (Å²) in [5, 5.41) is 21.7. The summed E-state index contributed by atoms with van der Waals surface area (Å²) in [5.41, 5.74) is 12.3. The normalized spacial score (nSPS) is 15.9. The summed E-state index contributed by atoms with van der Waals surface area (Å²) in [6.07, 6.45) is 2.16. The third-order valence-electron chi connectivity index (χ3n) is 4.92. The highest BCUT2D eigenvalue weighted by Crippen LogP contribution is 2.25. The van der Waals surface area contributed by atoms with E-state index in [9.17, 15) is 19.5 Å². The molecule has 0 aromatic heterocycles. The van der Waals surface area contributed by atoms with Gasteiger partial charge in [0, 0.05) is 36.2 Å². The maximum atomic E-state index is 12.2. The van der Waals surface area contributed by atoms with Crippen LogP contribution in [-0.2, 0) is 14.4 Å². The lowest BCUT2D eigenvalue weighted by atomic mass is 10.1. The van der Waals surface area contributed by atoms with Crippen LogP contribution in [-0.4, -0.2) is 70.7 Å². The van der Waals surface area contributed by atoms with Gasteiger partial charge in [-0.25, -0.2) is 4.79 Å². The Balaban J connectivity index is 1.74. The van der Waals surface area contributed by atoms with E-state index in [4.69, 9.17) is 16.9 Å². The summed E-state index contributed by atoms with van der Waals surface area (Å²) in [5.74, 6) is -2.02. The summed E-state index contributed by atoms with van der Waals surface area (Å²) in [6, 6.07) is 7.49. The quantitative estimate of drug-likeness (QED) is 0.116. The van der Waals surface area contributed by atoms with Gasteiger partial charge in [-0.3, -0.25) is 15.0 Å². The van der Waals surface area contributed by atoms with E-state index in [1.165, 1.54) is 11.8 Å². The number of amides is 2. The first kappa shape index (κ1) is 25.2. The molecule has 1 aliphatic rings. The fourth-order valence-corrected chi connectivity index (χ4v) is 4.22. The fourth-order valence-electron chi connectivity index (χ4n) is 3.16. The molecular formula is C21H30N6O4S. The molecule has 0 radical (unpaired) electrons. The van der Waals surface area contributed by atoms with Crippen molar-refractivity contribution in [1.82, 2.24) is 15.5 Å². The number of hydrogen-bond acceptors (Lipinski definition) is 6. The van der Waals surface area contributed by atoms with Crippen molar-refractivity contribution in [3.05, 3.63) is 42.0 Å². The Hall–Kier alpha value is -3.05. The van der Waals surface area contributed by atoms with Gasteiger partial charge in [0.2, 0.25) is 11.8 Å². The average Bonchev–Trinajstić information content (AvgIpc) is 3.21. The van der Waals surface area contributed by atoms with Crippen molar-refractivity contribution < 1.29 is 19.5 Å². The number of rotatable bonds is 11. The number of nitrogens with two attached hydrogens (primary N) is 2. The predicted octanol–water partition coefficient (Wildman–Crippen LogP) is 0.0958. The van der Waals surface area contributed by atoms with Crippen molar-refractivity contribution in [2.45, 2.75) is 42.0 Å². The van der Waals surface area contributed by atoms with Crippen molar-refractivity contribution >= 4 is 35.5 Å². The van der Waals surface area contributed by atoms with Crippen LogP contribution in [0.3, 0.4) is 0 Å². The van der Waals surface area contributed by atoms with Crippen LogP contribution in [0.2, 0.25) is 0 Å². The molecule has 3 atom stereocenters. The van der Waals surface area contributed by atoms with Gasteiger partial charge in [0.15, 0.2) is 5.96 Å². The lowest BCUT2D eigenvalue weighted by molar-refractivity contribution is -0.141. The summed E-state index contributed by atoms with van der Waals surface area (Å²) < 4.78 is 0. The van der Waals surface area contributed by atoms with E-state index in [-0.39, 0.29) is 18.9 Å². The summed E-state index contributed by atoms with van der Waals surface area (Å²) in [7, 11) is 0. The van der Waals surface area contributed by atoms with Crippen LogP contribution in [0.15, 0.2) is 46.9 Å². The van der Waals surface area contributed by atoms with Gasteiger partial charge in [-0.05, 0) is 18.6 Å². The molecule has 0 aliphatic carbocycles. The summed E-state index contributed by atoms with van der Waals surface area (Å²) in [6.45, 7) is 2.77. The number of carboxylic acid groups (broad SMARTS) is 1. The molecule has 2 rings (SSSR count). The first-order valence-electron chi connectivity index (χ1n) is 10.2. The average molecular weight is 463 g/mol. The van der Waals surface area contributed by atoms with Gasteiger partial charge in [0.25, 0.3) is 0 Å². The van der Waals surface area contributed by atoms with Crippen molar-refractivity contribution in [3.8, 4) is 0 Å². The second-order valence-electron chi connectivity index (χ2n) is 7.50. The van der Waals surface area contributed by atoms with Crippen LogP contribution in [0.4, 0.5) is 0 Å². The van der Waals surface area contributed by atoms with Gasteiger partial charge in [-0.2, -0.15) is 0 Å². The first-order valence-corrected chi connectivity index (χ1v) is 11.1. The van der Waals surface area contributed by atoms with Gasteiger partial charge in [0.1, 0.15) is 6.04 Å².